The predicted molar refractivity (Wildman–Crippen MR) is 68.1 cm³/mol. The Bertz CT molecular complexity index is 549. The predicted octanol–water partition coefficient (Wildman–Crippen LogP) is 1.35. The van der Waals surface area contributed by atoms with Gasteiger partial charge in [-0.1, -0.05) is 17.3 Å². The molecule has 2 rings (SSSR count). The van der Waals surface area contributed by atoms with Crippen LogP contribution in [0, 0.1) is 0 Å². The largest absolute Gasteiger partial charge is 0.494 e. The third-order valence-corrected chi connectivity index (χ3v) is 2.50. The smallest absolute Gasteiger partial charge is 0.309 e. The summed E-state index contributed by atoms with van der Waals surface area (Å²) >= 11 is 0. The lowest BCUT2D eigenvalue weighted by Gasteiger charge is -2.04. The number of aromatic nitrogens is 3. The van der Waals surface area contributed by atoms with Crippen molar-refractivity contribution in [3.05, 3.63) is 41.7 Å². The first-order valence-corrected chi connectivity index (χ1v) is 6.00. The van der Waals surface area contributed by atoms with Gasteiger partial charge in [-0.3, -0.25) is 4.79 Å². The van der Waals surface area contributed by atoms with Gasteiger partial charge in [-0.05, 0) is 24.6 Å². The fraction of sp³-hybridized carbons (Fsp3) is 0.308. The van der Waals surface area contributed by atoms with Gasteiger partial charge >= 0.3 is 5.97 Å². The van der Waals surface area contributed by atoms with Crippen molar-refractivity contribution >= 4 is 5.97 Å². The van der Waals surface area contributed by atoms with Gasteiger partial charge in [0, 0.05) is 6.20 Å². The maximum absolute atomic E-state index is 10.5. The van der Waals surface area contributed by atoms with E-state index in [0.29, 0.717) is 18.8 Å². The first kappa shape index (κ1) is 13.1. The van der Waals surface area contributed by atoms with E-state index in [0.717, 1.165) is 11.3 Å². The van der Waals surface area contributed by atoms with Crippen molar-refractivity contribution < 1.29 is 14.6 Å². The van der Waals surface area contributed by atoms with Gasteiger partial charge in [0.25, 0.3) is 0 Å². The van der Waals surface area contributed by atoms with Gasteiger partial charge in [-0.2, -0.15) is 0 Å². The van der Waals surface area contributed by atoms with E-state index in [9.17, 15) is 4.79 Å². The van der Waals surface area contributed by atoms with E-state index >= 15 is 0 Å². The number of carboxylic acids is 1. The zero-order valence-electron chi connectivity index (χ0n) is 10.6. The molecule has 0 aliphatic rings. The summed E-state index contributed by atoms with van der Waals surface area (Å²) in [5.74, 6) is -0.0791. The van der Waals surface area contributed by atoms with Crippen molar-refractivity contribution in [2.24, 2.45) is 0 Å². The van der Waals surface area contributed by atoms with Gasteiger partial charge in [0.1, 0.15) is 5.75 Å². The van der Waals surface area contributed by atoms with E-state index in [1.54, 1.807) is 10.9 Å². The standard InChI is InChI=1S/C13H15N3O3/c1-2-19-12-5-3-10(4-6-12)8-16-9-11(14-15-16)7-13(17)18/h3-6,9H,2,7-8H2,1H3,(H,17,18). The number of benzene rings is 1. The number of aliphatic carboxylic acids is 1. The van der Waals surface area contributed by atoms with Crippen molar-refractivity contribution in [3.63, 3.8) is 0 Å². The Hall–Kier alpha value is -2.37. The summed E-state index contributed by atoms with van der Waals surface area (Å²) in [7, 11) is 0. The molecule has 0 aliphatic heterocycles. The molecule has 0 fully saturated rings. The summed E-state index contributed by atoms with van der Waals surface area (Å²) in [4.78, 5) is 10.5. The van der Waals surface area contributed by atoms with Crippen LogP contribution in [0.3, 0.4) is 0 Å². The summed E-state index contributed by atoms with van der Waals surface area (Å²) in [6.45, 7) is 3.13. The van der Waals surface area contributed by atoms with Crippen molar-refractivity contribution in [1.82, 2.24) is 15.0 Å². The van der Waals surface area contributed by atoms with Crippen LogP contribution < -0.4 is 4.74 Å². The zero-order chi connectivity index (χ0) is 13.7. The van der Waals surface area contributed by atoms with Crippen LogP contribution in [-0.2, 0) is 17.8 Å². The number of hydrogen-bond donors (Lipinski definition) is 1. The van der Waals surface area contributed by atoms with Gasteiger partial charge in [-0.25, -0.2) is 4.68 Å². The van der Waals surface area contributed by atoms with Crippen LogP contribution in [0.5, 0.6) is 5.75 Å². The van der Waals surface area contributed by atoms with Crippen molar-refractivity contribution in [3.8, 4) is 5.75 Å². The molecular weight excluding hydrogens is 246 g/mol. The molecule has 0 unspecified atom stereocenters. The molecule has 0 aliphatic carbocycles. The third kappa shape index (κ3) is 3.80. The lowest BCUT2D eigenvalue weighted by molar-refractivity contribution is -0.136. The molecule has 0 saturated carbocycles. The molecule has 0 radical (unpaired) electrons. The molecule has 0 amide bonds. The molecule has 100 valence electrons. The number of rotatable bonds is 6. The van der Waals surface area contributed by atoms with E-state index in [1.165, 1.54) is 0 Å². The van der Waals surface area contributed by atoms with Crippen molar-refractivity contribution in [2.45, 2.75) is 19.9 Å². The number of hydrogen-bond acceptors (Lipinski definition) is 4. The maximum atomic E-state index is 10.5. The lowest BCUT2D eigenvalue weighted by Crippen LogP contribution is -2.01. The number of nitrogens with zero attached hydrogens (tertiary/aromatic N) is 3. The number of carbonyl (C=O) groups is 1. The molecule has 1 heterocycles. The van der Waals surface area contributed by atoms with Crippen LogP contribution >= 0.6 is 0 Å². The van der Waals surface area contributed by atoms with E-state index in [2.05, 4.69) is 10.3 Å². The Balaban J connectivity index is 2.00. The fourth-order valence-corrected chi connectivity index (χ4v) is 1.70. The van der Waals surface area contributed by atoms with E-state index in [-0.39, 0.29) is 6.42 Å². The lowest BCUT2D eigenvalue weighted by atomic mass is 10.2. The SMILES string of the molecule is CCOc1ccc(Cn2cc(CC(=O)O)nn2)cc1. The van der Waals surface area contributed by atoms with Gasteiger partial charge in [0.05, 0.1) is 25.3 Å². The minimum absolute atomic E-state index is 0.108. The molecule has 1 N–H and O–H groups in total. The van der Waals surface area contributed by atoms with E-state index in [1.807, 2.05) is 31.2 Å². The Kier molecular flexibility index (Phi) is 4.12. The van der Waals surface area contributed by atoms with Gasteiger partial charge in [0.2, 0.25) is 0 Å². The summed E-state index contributed by atoms with van der Waals surface area (Å²) in [6.07, 6.45) is 1.54. The molecule has 0 bridgehead atoms. The summed E-state index contributed by atoms with van der Waals surface area (Å²) in [5.41, 5.74) is 1.51. The van der Waals surface area contributed by atoms with E-state index in [4.69, 9.17) is 9.84 Å². The molecule has 0 spiro atoms. The minimum Gasteiger partial charge on any atom is -0.494 e. The highest BCUT2D eigenvalue weighted by Gasteiger charge is 2.06. The average Bonchev–Trinajstić information content (AvgIpc) is 2.78. The Labute approximate surface area is 110 Å². The Morgan fingerprint density at radius 1 is 1.37 bits per heavy atom. The maximum Gasteiger partial charge on any atom is 0.309 e. The van der Waals surface area contributed by atoms with Crippen LogP contribution in [-0.4, -0.2) is 32.7 Å². The average molecular weight is 261 g/mol. The molecule has 19 heavy (non-hydrogen) atoms. The summed E-state index contributed by atoms with van der Waals surface area (Å²) < 4.78 is 6.98. The molecule has 6 heteroatoms. The van der Waals surface area contributed by atoms with Crippen LogP contribution in [0.2, 0.25) is 0 Å². The summed E-state index contributed by atoms with van der Waals surface area (Å²) in [6, 6.07) is 7.69. The molecule has 2 aromatic rings. The molecule has 0 saturated heterocycles. The first-order chi connectivity index (χ1) is 9.17. The van der Waals surface area contributed by atoms with Crippen molar-refractivity contribution in [2.75, 3.05) is 6.61 Å². The fourth-order valence-electron chi connectivity index (χ4n) is 1.70. The van der Waals surface area contributed by atoms with Crippen LogP contribution in [0.15, 0.2) is 30.5 Å². The normalized spacial score (nSPS) is 10.4. The monoisotopic (exact) mass is 261 g/mol. The van der Waals surface area contributed by atoms with Gasteiger partial charge < -0.3 is 9.84 Å². The first-order valence-electron chi connectivity index (χ1n) is 6.00. The van der Waals surface area contributed by atoms with Gasteiger partial charge in [0.15, 0.2) is 0 Å². The quantitative estimate of drug-likeness (QED) is 0.849. The molecule has 0 atom stereocenters. The highest BCUT2D eigenvalue weighted by molar-refractivity contribution is 5.69. The molecule has 1 aromatic carbocycles. The number of ether oxygens (including phenoxy) is 1. The molecule has 1 aromatic heterocycles. The van der Waals surface area contributed by atoms with Crippen LogP contribution in [0.4, 0.5) is 0 Å². The second-order valence-electron chi connectivity index (χ2n) is 4.05. The second-order valence-corrected chi connectivity index (χ2v) is 4.05. The summed E-state index contributed by atoms with van der Waals surface area (Å²) in [5, 5.41) is 16.4. The number of carboxylic acid groups (broad SMARTS) is 1. The van der Waals surface area contributed by atoms with Gasteiger partial charge in [-0.15, -0.1) is 5.10 Å². The highest BCUT2D eigenvalue weighted by atomic mass is 16.5. The van der Waals surface area contributed by atoms with Crippen molar-refractivity contribution in [1.29, 1.82) is 0 Å². The third-order valence-electron chi connectivity index (χ3n) is 2.50. The second kappa shape index (κ2) is 5.99. The van der Waals surface area contributed by atoms with Crippen LogP contribution in [0.25, 0.3) is 0 Å². The zero-order valence-corrected chi connectivity index (χ0v) is 10.6. The van der Waals surface area contributed by atoms with E-state index < -0.39 is 5.97 Å². The Morgan fingerprint density at radius 2 is 2.11 bits per heavy atom. The molecule has 6 nitrogen and oxygen atoms in total. The van der Waals surface area contributed by atoms with Crippen LogP contribution in [0.1, 0.15) is 18.2 Å². The minimum atomic E-state index is -0.909. The highest BCUT2D eigenvalue weighted by Crippen LogP contribution is 2.12. The Morgan fingerprint density at radius 3 is 2.74 bits per heavy atom. The topological polar surface area (TPSA) is 77.2 Å². The molecular formula is C13H15N3O3.